The predicted octanol–water partition coefficient (Wildman–Crippen LogP) is 3.47. The lowest BCUT2D eigenvalue weighted by Gasteiger charge is -2.32. The number of nitrogens with zero attached hydrogens (tertiary/aromatic N) is 6. The Labute approximate surface area is 428 Å². The lowest BCUT2D eigenvalue weighted by molar-refractivity contribution is -0.0503. The lowest BCUT2D eigenvalue weighted by atomic mass is 9.86. The summed E-state index contributed by atoms with van der Waals surface area (Å²) in [5, 5.41) is 40.3. The molecule has 0 saturated carbocycles. The van der Waals surface area contributed by atoms with Crippen LogP contribution in [0.3, 0.4) is 0 Å². The molecule has 5 aromatic rings. The molecule has 4 aliphatic heterocycles. The Morgan fingerprint density at radius 1 is 0.853 bits per heavy atom. The van der Waals surface area contributed by atoms with Gasteiger partial charge in [-0.2, -0.15) is 8.62 Å². The standard InChI is InChI=1S/C47H57N8O17P3/c1-3-53-17-9-11-27-19-32-36(22-34(27)53)69-37-23-35-28(12-10-18-54(35)4-2)20-33(37)39(32)30-14-13-29(21-31(30)47(59)60)45(58)49-16-8-6-5-7-15-48-43-40-44(51-25-50-43)55(26-52-40)46-42(57)41(56)38(70-46)24-68-74(64,65)72-75(66,67)71-73(61,62)63/h13-14,19-23,25-26,38,41-42,46,56-57H,3-12,15-18,24H2,1-2H3,(H6-,48,49,50,51,58,59,60,61,62,63,64,65,66,67)/p+1/t38-,41-,42-,46-/m1/s1. The first-order valence-corrected chi connectivity index (χ1v) is 29.0. The van der Waals surface area contributed by atoms with Gasteiger partial charge in [0.05, 0.1) is 24.6 Å². The zero-order valence-electron chi connectivity index (χ0n) is 40.9. The molecule has 28 heteroatoms. The Morgan fingerprint density at radius 2 is 1.63 bits per heavy atom. The van der Waals surface area contributed by atoms with Gasteiger partial charge in [0, 0.05) is 71.8 Å². The first-order chi connectivity index (χ1) is 35.7. The number of aliphatic hydroxyl groups excluding tert-OH is 2. The number of fused-ring (bicyclic) bond motifs is 5. The average Bonchev–Trinajstić information content (AvgIpc) is 3.92. The summed E-state index contributed by atoms with van der Waals surface area (Å²) in [5.41, 5.74) is 6.32. The number of imidazole rings is 1. The molecule has 2 unspecified atom stereocenters. The van der Waals surface area contributed by atoms with Gasteiger partial charge in [0.2, 0.25) is 5.36 Å². The molecule has 2 aromatic heterocycles. The molecular weight excluding hydrogens is 1040 g/mol. The van der Waals surface area contributed by atoms with Crippen LogP contribution in [0.15, 0.2) is 55.1 Å². The molecular formula is C47H58N8O17P3+. The van der Waals surface area contributed by atoms with E-state index in [1.807, 2.05) is 0 Å². The van der Waals surface area contributed by atoms with E-state index in [2.05, 4.69) is 86.3 Å². The van der Waals surface area contributed by atoms with Crippen LogP contribution in [0.2, 0.25) is 0 Å². The highest BCUT2D eigenvalue weighted by atomic mass is 31.3. The number of aliphatic hydroxyl groups is 2. The Balaban J connectivity index is 0.804. The molecule has 3 aromatic carbocycles. The first-order valence-electron chi connectivity index (χ1n) is 24.5. The van der Waals surface area contributed by atoms with Gasteiger partial charge in [-0.25, -0.2) is 38.0 Å². The van der Waals surface area contributed by atoms with Crippen LogP contribution in [0.5, 0.6) is 11.5 Å². The SMILES string of the molecule is CCN1CCCc2cc3c(cc21)Oc1cc2c(cc1=C3c1ccc(C(=O)NCCCCCCNc3ncnc4c3ncn4[C@@H]3O[C@H](COP(=O)(O)OP(=O)(O)OP(=O)(O)O)[C@@H](O)[C@H]3O)cc1C(=O)O)CCC[N+]=2CC. The highest BCUT2D eigenvalue weighted by Gasteiger charge is 2.47. The molecule has 6 atom stereocenters. The molecule has 0 radical (unpaired) electrons. The van der Waals surface area contributed by atoms with Gasteiger partial charge in [0.15, 0.2) is 23.2 Å². The Hall–Kier alpha value is -5.49. The molecule has 0 spiro atoms. The van der Waals surface area contributed by atoms with Gasteiger partial charge in [-0.1, -0.05) is 18.9 Å². The van der Waals surface area contributed by atoms with Gasteiger partial charge in [0.1, 0.15) is 49.2 Å². The van der Waals surface area contributed by atoms with E-state index in [4.69, 9.17) is 19.3 Å². The smallest absolute Gasteiger partial charge is 0.478 e. The molecule has 9 N–H and O–H groups in total. The summed E-state index contributed by atoms with van der Waals surface area (Å²) < 4.78 is 62.7. The minimum absolute atomic E-state index is 0.0167. The van der Waals surface area contributed by atoms with Crippen LogP contribution in [0.4, 0.5) is 11.5 Å². The third-order valence-electron chi connectivity index (χ3n) is 13.6. The minimum atomic E-state index is -5.79. The van der Waals surface area contributed by atoms with Crippen molar-refractivity contribution in [1.82, 2.24) is 29.4 Å². The summed E-state index contributed by atoms with van der Waals surface area (Å²) in [7, 11) is -16.9. The monoisotopic (exact) mass is 1100 g/mol. The van der Waals surface area contributed by atoms with E-state index in [0.717, 1.165) is 92.1 Å². The number of carboxylic acids is 1. The number of aryl methyl sites for hydroxylation is 2. The van der Waals surface area contributed by atoms with Crippen molar-refractivity contribution in [1.29, 1.82) is 0 Å². The third-order valence-corrected chi connectivity index (χ3v) is 17.4. The normalized spacial score (nSPS) is 20.8. The zero-order valence-corrected chi connectivity index (χ0v) is 43.5. The predicted molar refractivity (Wildman–Crippen MR) is 269 cm³/mol. The molecule has 1 saturated heterocycles. The van der Waals surface area contributed by atoms with Crippen molar-refractivity contribution in [2.75, 3.05) is 56.1 Å². The number of anilines is 2. The van der Waals surface area contributed by atoms with Gasteiger partial charge in [-0.05, 0) is 81.3 Å². The van der Waals surface area contributed by atoms with Gasteiger partial charge in [0.25, 0.3) is 5.91 Å². The maximum Gasteiger partial charge on any atom is 0.490 e. The first kappa shape index (κ1) is 54.3. The van der Waals surface area contributed by atoms with Crippen LogP contribution in [0.1, 0.15) is 102 Å². The van der Waals surface area contributed by atoms with Crippen molar-refractivity contribution in [3.05, 3.63) is 99.1 Å². The number of phosphoric acid groups is 3. The molecule has 1 amide bonds. The van der Waals surface area contributed by atoms with Crippen molar-refractivity contribution in [3.63, 3.8) is 0 Å². The topological polar surface area (TPSA) is 347 Å². The van der Waals surface area contributed by atoms with E-state index in [1.165, 1.54) is 34.4 Å². The molecule has 1 fully saturated rings. The molecule has 9 rings (SSSR count). The summed E-state index contributed by atoms with van der Waals surface area (Å²) in [6, 6.07) is 13.4. The molecule has 4 aliphatic rings. The number of phosphoric ester groups is 1. The fraction of sp³-hybridized carbons (Fsp3) is 0.447. The fourth-order valence-electron chi connectivity index (χ4n) is 10.1. The van der Waals surface area contributed by atoms with Crippen molar-refractivity contribution >= 4 is 63.6 Å². The summed E-state index contributed by atoms with van der Waals surface area (Å²) >= 11 is 0. The number of hydrogen-bond acceptors (Lipinski definition) is 17. The van der Waals surface area contributed by atoms with Crippen LogP contribution in [-0.2, 0) is 44.4 Å². The van der Waals surface area contributed by atoms with Crippen molar-refractivity contribution in [2.45, 2.75) is 89.8 Å². The number of aromatic nitrogens is 4. The summed E-state index contributed by atoms with van der Waals surface area (Å²) in [6.07, 6.45) is 2.93. The Morgan fingerprint density at radius 3 is 2.37 bits per heavy atom. The summed E-state index contributed by atoms with van der Waals surface area (Å²) in [5.74, 6) is 0.157. The quantitative estimate of drug-likeness (QED) is 0.0283. The number of carboxylic acid groups (broad SMARTS) is 1. The van der Waals surface area contributed by atoms with Crippen LogP contribution in [-0.4, -0.2) is 130 Å². The Kier molecular flexibility index (Phi) is 16.1. The number of amides is 1. The van der Waals surface area contributed by atoms with Crippen molar-refractivity contribution < 1.29 is 80.8 Å². The number of nitrogens with one attached hydrogen (secondary N) is 2. The third kappa shape index (κ3) is 11.9. The Bertz CT molecular complexity index is 3320. The van der Waals surface area contributed by atoms with E-state index in [0.29, 0.717) is 48.8 Å². The van der Waals surface area contributed by atoms with Crippen LogP contribution in [0, 0.1) is 0 Å². The number of ether oxygens (including phenoxy) is 2. The van der Waals surface area contributed by atoms with E-state index >= 15 is 0 Å². The second kappa shape index (κ2) is 22.2. The highest BCUT2D eigenvalue weighted by Crippen LogP contribution is 2.66. The maximum absolute atomic E-state index is 13.5. The summed E-state index contributed by atoms with van der Waals surface area (Å²) in [4.78, 5) is 78.5. The minimum Gasteiger partial charge on any atom is -0.478 e. The van der Waals surface area contributed by atoms with Crippen LogP contribution in [0.25, 0.3) is 16.7 Å². The fourth-order valence-corrected chi connectivity index (χ4v) is 13.1. The van der Waals surface area contributed by atoms with Gasteiger partial charge < -0.3 is 59.9 Å². The molecule has 6 heterocycles. The highest BCUT2D eigenvalue weighted by molar-refractivity contribution is 7.66. The van der Waals surface area contributed by atoms with Crippen molar-refractivity contribution in [3.8, 4) is 11.5 Å². The van der Waals surface area contributed by atoms with E-state index < -0.39 is 60.6 Å². The number of benzene rings is 3. The molecule has 75 heavy (non-hydrogen) atoms. The zero-order chi connectivity index (χ0) is 53.4. The average molecular weight is 1100 g/mol. The molecule has 0 bridgehead atoms. The van der Waals surface area contributed by atoms with E-state index in [9.17, 15) is 48.4 Å². The largest absolute Gasteiger partial charge is 0.490 e. The van der Waals surface area contributed by atoms with Crippen LogP contribution >= 0.6 is 23.5 Å². The van der Waals surface area contributed by atoms with E-state index in [1.54, 1.807) is 12.1 Å². The number of aromatic carboxylic acids is 1. The van der Waals surface area contributed by atoms with Gasteiger partial charge in [-0.15, -0.1) is 0 Å². The van der Waals surface area contributed by atoms with Gasteiger partial charge >= 0.3 is 29.4 Å². The number of hydrogen-bond donors (Lipinski definition) is 9. The van der Waals surface area contributed by atoms with Crippen LogP contribution < -0.4 is 35.4 Å². The van der Waals surface area contributed by atoms with E-state index in [-0.39, 0.29) is 28.2 Å². The summed E-state index contributed by atoms with van der Waals surface area (Å²) in [6.45, 7) is 7.72. The molecule has 0 aliphatic carbocycles. The molecule has 25 nitrogen and oxygen atoms in total. The van der Waals surface area contributed by atoms with Gasteiger partial charge in [-0.3, -0.25) is 13.9 Å². The van der Waals surface area contributed by atoms with Crippen molar-refractivity contribution in [2.24, 2.45) is 0 Å². The lowest BCUT2D eigenvalue weighted by Crippen LogP contribution is -2.39. The maximum atomic E-state index is 13.5. The molecule has 402 valence electrons. The number of carbonyl (C=O) groups excluding carboxylic acids is 1. The second-order valence-corrected chi connectivity index (χ2v) is 22.9. The number of carbonyl (C=O) groups is 2. The number of rotatable bonds is 21. The second-order valence-electron chi connectivity index (χ2n) is 18.4. The number of unbranched alkanes of at least 4 members (excludes halogenated alkanes) is 3.